The van der Waals surface area contributed by atoms with E-state index < -0.39 is 0 Å². The van der Waals surface area contributed by atoms with Gasteiger partial charge in [-0.3, -0.25) is 4.90 Å². The second-order valence-corrected chi connectivity index (χ2v) is 6.65. The van der Waals surface area contributed by atoms with Crippen molar-refractivity contribution in [3.8, 4) is 0 Å². The van der Waals surface area contributed by atoms with Crippen molar-refractivity contribution in [2.75, 3.05) is 6.54 Å². The van der Waals surface area contributed by atoms with Gasteiger partial charge in [-0.25, -0.2) is 0 Å². The van der Waals surface area contributed by atoms with Crippen molar-refractivity contribution in [3.63, 3.8) is 0 Å². The van der Waals surface area contributed by atoms with E-state index in [1.165, 1.54) is 19.4 Å². The molecule has 0 aliphatic carbocycles. The lowest BCUT2D eigenvalue weighted by molar-refractivity contribution is 0.0199. The van der Waals surface area contributed by atoms with E-state index in [4.69, 9.17) is 0 Å². The Labute approximate surface area is 97.2 Å². The van der Waals surface area contributed by atoms with Crippen LogP contribution in [0.4, 0.5) is 0 Å². The fourth-order valence-electron chi connectivity index (χ4n) is 2.50. The standard InChI is InChI=1S/C14H31N/c1-9-11-15(14(6,7)8)12(10-2)13(3,4)5/h12H,9-11H2,1-8H3. The molecular weight excluding hydrogens is 182 g/mol. The van der Waals surface area contributed by atoms with Gasteiger partial charge in [0.1, 0.15) is 0 Å². The molecular formula is C14H31N. The van der Waals surface area contributed by atoms with Crippen molar-refractivity contribution in [2.24, 2.45) is 5.41 Å². The summed E-state index contributed by atoms with van der Waals surface area (Å²) >= 11 is 0. The maximum atomic E-state index is 2.67. The summed E-state index contributed by atoms with van der Waals surface area (Å²) in [5.74, 6) is 0. The van der Waals surface area contributed by atoms with Crippen LogP contribution in [0, 0.1) is 5.41 Å². The number of hydrogen-bond donors (Lipinski definition) is 0. The van der Waals surface area contributed by atoms with Gasteiger partial charge in [0.2, 0.25) is 0 Å². The Morgan fingerprint density at radius 1 is 0.933 bits per heavy atom. The van der Waals surface area contributed by atoms with Gasteiger partial charge in [-0.2, -0.15) is 0 Å². The Hall–Kier alpha value is -0.0400. The van der Waals surface area contributed by atoms with Crippen molar-refractivity contribution in [1.82, 2.24) is 4.90 Å². The Kier molecular flexibility index (Phi) is 5.32. The smallest absolute Gasteiger partial charge is 0.0146 e. The van der Waals surface area contributed by atoms with E-state index in [2.05, 4.69) is 60.3 Å². The van der Waals surface area contributed by atoms with Crippen LogP contribution in [0.2, 0.25) is 0 Å². The number of nitrogens with zero attached hydrogens (tertiary/aromatic N) is 1. The summed E-state index contributed by atoms with van der Waals surface area (Å²) in [4.78, 5) is 2.67. The predicted molar refractivity (Wildman–Crippen MR) is 70.3 cm³/mol. The first-order valence-corrected chi connectivity index (χ1v) is 6.41. The van der Waals surface area contributed by atoms with E-state index in [0.717, 1.165) is 0 Å². The lowest BCUT2D eigenvalue weighted by Crippen LogP contribution is -2.53. The Morgan fingerprint density at radius 2 is 1.40 bits per heavy atom. The van der Waals surface area contributed by atoms with Crippen molar-refractivity contribution in [1.29, 1.82) is 0 Å². The lowest BCUT2D eigenvalue weighted by Gasteiger charge is -2.47. The molecule has 0 saturated heterocycles. The number of rotatable bonds is 4. The van der Waals surface area contributed by atoms with Gasteiger partial charge in [-0.1, -0.05) is 34.6 Å². The average Bonchev–Trinajstić information content (AvgIpc) is 2.00. The van der Waals surface area contributed by atoms with Crippen molar-refractivity contribution < 1.29 is 0 Å². The molecule has 0 aliphatic heterocycles. The normalized spacial score (nSPS) is 15.8. The minimum absolute atomic E-state index is 0.282. The Bertz CT molecular complexity index is 171. The fraction of sp³-hybridized carbons (Fsp3) is 1.00. The molecule has 0 aromatic heterocycles. The summed E-state index contributed by atoms with van der Waals surface area (Å²) in [6, 6.07) is 0.678. The van der Waals surface area contributed by atoms with E-state index in [1.54, 1.807) is 0 Å². The molecule has 15 heavy (non-hydrogen) atoms. The fourth-order valence-corrected chi connectivity index (χ4v) is 2.50. The van der Waals surface area contributed by atoms with E-state index in [1.807, 2.05) is 0 Å². The summed E-state index contributed by atoms with van der Waals surface area (Å²) in [5, 5.41) is 0. The lowest BCUT2D eigenvalue weighted by atomic mass is 9.82. The molecule has 92 valence electrons. The zero-order chi connectivity index (χ0) is 12.3. The third-order valence-electron chi connectivity index (χ3n) is 3.09. The molecule has 0 N–H and O–H groups in total. The van der Waals surface area contributed by atoms with Crippen LogP contribution in [0.15, 0.2) is 0 Å². The molecule has 0 amide bonds. The highest BCUT2D eigenvalue weighted by Crippen LogP contribution is 2.31. The maximum Gasteiger partial charge on any atom is 0.0146 e. The molecule has 0 radical (unpaired) electrons. The van der Waals surface area contributed by atoms with E-state index in [-0.39, 0.29) is 5.54 Å². The average molecular weight is 213 g/mol. The second-order valence-electron chi connectivity index (χ2n) is 6.65. The Balaban J connectivity index is 4.87. The molecule has 0 aromatic carbocycles. The van der Waals surface area contributed by atoms with Gasteiger partial charge in [0.15, 0.2) is 0 Å². The summed E-state index contributed by atoms with van der Waals surface area (Å²) in [5.41, 5.74) is 0.654. The topological polar surface area (TPSA) is 3.24 Å². The summed E-state index contributed by atoms with van der Waals surface area (Å²) in [6.45, 7) is 19.9. The third kappa shape index (κ3) is 4.55. The van der Waals surface area contributed by atoms with Crippen molar-refractivity contribution >= 4 is 0 Å². The minimum Gasteiger partial charge on any atom is -0.295 e. The van der Waals surface area contributed by atoms with Crippen LogP contribution in [-0.4, -0.2) is 23.0 Å². The quantitative estimate of drug-likeness (QED) is 0.672. The minimum atomic E-state index is 0.282. The number of hydrogen-bond acceptors (Lipinski definition) is 1. The SMILES string of the molecule is CCCN(C(CC)C(C)(C)C)C(C)(C)C. The van der Waals surface area contributed by atoms with Gasteiger partial charge in [-0.05, 0) is 45.6 Å². The first-order chi connectivity index (χ1) is 6.64. The van der Waals surface area contributed by atoms with Gasteiger partial charge in [0, 0.05) is 11.6 Å². The predicted octanol–water partition coefficient (Wildman–Crippen LogP) is 4.32. The first kappa shape index (κ1) is 15.0. The molecule has 0 spiro atoms. The summed E-state index contributed by atoms with van der Waals surface area (Å²) in [6.07, 6.45) is 2.48. The highest BCUT2D eigenvalue weighted by Gasteiger charge is 2.34. The van der Waals surface area contributed by atoms with Crippen molar-refractivity contribution in [2.45, 2.75) is 79.8 Å². The van der Waals surface area contributed by atoms with E-state index in [0.29, 0.717) is 11.5 Å². The molecule has 0 bridgehead atoms. The molecule has 0 rings (SSSR count). The Morgan fingerprint density at radius 3 is 1.60 bits per heavy atom. The summed E-state index contributed by atoms with van der Waals surface area (Å²) in [7, 11) is 0. The van der Waals surface area contributed by atoms with Crippen molar-refractivity contribution in [3.05, 3.63) is 0 Å². The second kappa shape index (κ2) is 5.34. The van der Waals surface area contributed by atoms with Crippen LogP contribution >= 0.6 is 0 Å². The largest absolute Gasteiger partial charge is 0.295 e. The molecule has 0 heterocycles. The van der Waals surface area contributed by atoms with Gasteiger partial charge in [0.05, 0.1) is 0 Å². The molecule has 0 aliphatic rings. The summed E-state index contributed by atoms with van der Waals surface area (Å²) < 4.78 is 0. The van der Waals surface area contributed by atoms with Crippen LogP contribution in [0.3, 0.4) is 0 Å². The monoisotopic (exact) mass is 213 g/mol. The van der Waals surface area contributed by atoms with Crippen LogP contribution < -0.4 is 0 Å². The molecule has 1 nitrogen and oxygen atoms in total. The molecule has 0 saturated carbocycles. The molecule has 0 fully saturated rings. The highest BCUT2D eigenvalue weighted by molar-refractivity contribution is 4.88. The van der Waals surface area contributed by atoms with Gasteiger partial charge < -0.3 is 0 Å². The maximum absolute atomic E-state index is 2.67. The zero-order valence-electron chi connectivity index (χ0n) is 12.1. The van der Waals surface area contributed by atoms with E-state index in [9.17, 15) is 0 Å². The van der Waals surface area contributed by atoms with Crippen LogP contribution in [0.25, 0.3) is 0 Å². The molecule has 0 aromatic rings. The van der Waals surface area contributed by atoms with E-state index >= 15 is 0 Å². The van der Waals surface area contributed by atoms with Crippen LogP contribution in [0.1, 0.15) is 68.2 Å². The molecule has 1 atom stereocenters. The van der Waals surface area contributed by atoms with Gasteiger partial charge in [0.25, 0.3) is 0 Å². The third-order valence-corrected chi connectivity index (χ3v) is 3.09. The molecule has 1 heteroatoms. The zero-order valence-corrected chi connectivity index (χ0v) is 12.1. The van der Waals surface area contributed by atoms with Crippen LogP contribution in [-0.2, 0) is 0 Å². The van der Waals surface area contributed by atoms with Gasteiger partial charge >= 0.3 is 0 Å². The molecule has 1 unspecified atom stereocenters. The highest BCUT2D eigenvalue weighted by atomic mass is 15.2. The van der Waals surface area contributed by atoms with Crippen LogP contribution in [0.5, 0.6) is 0 Å². The first-order valence-electron chi connectivity index (χ1n) is 6.41. The van der Waals surface area contributed by atoms with Gasteiger partial charge in [-0.15, -0.1) is 0 Å².